The zero-order valence-electron chi connectivity index (χ0n) is 10.5. The Morgan fingerprint density at radius 2 is 1.89 bits per heavy atom. The van der Waals surface area contributed by atoms with Crippen molar-refractivity contribution >= 4 is 0 Å². The summed E-state index contributed by atoms with van der Waals surface area (Å²) >= 11 is 0. The van der Waals surface area contributed by atoms with Crippen molar-refractivity contribution in [3.63, 3.8) is 0 Å². The maximum atomic E-state index is 13.9. The fourth-order valence-corrected chi connectivity index (χ4v) is 1.96. The Hall–Kier alpha value is -1.87. The van der Waals surface area contributed by atoms with Crippen molar-refractivity contribution in [2.75, 3.05) is 14.2 Å². The van der Waals surface area contributed by atoms with Gasteiger partial charge in [0, 0.05) is 17.7 Å². The summed E-state index contributed by atoms with van der Waals surface area (Å²) in [4.78, 5) is 0. The van der Waals surface area contributed by atoms with Gasteiger partial charge < -0.3 is 10.1 Å². The average Bonchev–Trinajstić information content (AvgIpc) is 2.41. The molecular weight excluding hydrogens is 229 g/mol. The molecule has 0 atom stereocenters. The Labute approximate surface area is 106 Å². The van der Waals surface area contributed by atoms with E-state index in [4.69, 9.17) is 4.74 Å². The zero-order chi connectivity index (χ0) is 13.0. The van der Waals surface area contributed by atoms with Gasteiger partial charge >= 0.3 is 0 Å². The quantitative estimate of drug-likeness (QED) is 0.893. The fraction of sp³-hybridized carbons (Fsp3) is 0.200. The highest BCUT2D eigenvalue weighted by atomic mass is 19.1. The van der Waals surface area contributed by atoms with Crippen LogP contribution in [0, 0.1) is 5.82 Å². The maximum Gasteiger partial charge on any atom is 0.131 e. The Morgan fingerprint density at radius 3 is 2.61 bits per heavy atom. The van der Waals surface area contributed by atoms with Gasteiger partial charge in [-0.15, -0.1) is 0 Å². The molecule has 0 unspecified atom stereocenters. The minimum Gasteiger partial charge on any atom is -0.496 e. The predicted octanol–water partition coefficient (Wildman–Crippen LogP) is 3.22. The highest BCUT2D eigenvalue weighted by Gasteiger charge is 2.10. The summed E-state index contributed by atoms with van der Waals surface area (Å²) in [6, 6.07) is 12.6. The molecule has 1 N–H and O–H groups in total. The largest absolute Gasteiger partial charge is 0.496 e. The minimum atomic E-state index is -0.237. The highest BCUT2D eigenvalue weighted by Crippen LogP contribution is 2.32. The summed E-state index contributed by atoms with van der Waals surface area (Å²) in [7, 11) is 3.46. The minimum absolute atomic E-state index is 0.237. The summed E-state index contributed by atoms with van der Waals surface area (Å²) in [5, 5.41) is 3.06. The number of para-hydroxylation sites is 1. The average molecular weight is 245 g/mol. The summed E-state index contributed by atoms with van der Waals surface area (Å²) < 4.78 is 19.2. The van der Waals surface area contributed by atoms with Crippen molar-refractivity contribution in [3.05, 3.63) is 53.8 Å². The summed E-state index contributed by atoms with van der Waals surface area (Å²) in [5.41, 5.74) is 2.38. The van der Waals surface area contributed by atoms with Gasteiger partial charge in [0.15, 0.2) is 0 Å². The first-order valence-electron chi connectivity index (χ1n) is 5.82. The molecule has 0 heterocycles. The van der Waals surface area contributed by atoms with E-state index in [-0.39, 0.29) is 5.82 Å². The molecule has 0 aliphatic rings. The Balaban J connectivity index is 2.51. The monoisotopic (exact) mass is 245 g/mol. The van der Waals surface area contributed by atoms with Crippen molar-refractivity contribution in [2.24, 2.45) is 0 Å². The summed E-state index contributed by atoms with van der Waals surface area (Å²) in [5.74, 6) is 0.442. The van der Waals surface area contributed by atoms with E-state index >= 15 is 0 Å². The van der Waals surface area contributed by atoms with Crippen molar-refractivity contribution in [1.82, 2.24) is 5.32 Å². The molecule has 0 aromatic heterocycles. The second-order valence-electron chi connectivity index (χ2n) is 4.04. The maximum absolute atomic E-state index is 13.9. The molecule has 2 rings (SSSR count). The van der Waals surface area contributed by atoms with Crippen LogP contribution in [0.25, 0.3) is 11.1 Å². The Morgan fingerprint density at radius 1 is 1.11 bits per heavy atom. The van der Waals surface area contributed by atoms with E-state index in [0.29, 0.717) is 17.9 Å². The molecule has 94 valence electrons. The van der Waals surface area contributed by atoms with Gasteiger partial charge in [0.1, 0.15) is 11.6 Å². The van der Waals surface area contributed by atoms with Gasteiger partial charge in [0.2, 0.25) is 0 Å². The van der Waals surface area contributed by atoms with Crippen LogP contribution in [0.2, 0.25) is 0 Å². The topological polar surface area (TPSA) is 21.3 Å². The number of benzene rings is 2. The molecule has 0 aliphatic heterocycles. The van der Waals surface area contributed by atoms with Gasteiger partial charge in [-0.2, -0.15) is 0 Å². The van der Waals surface area contributed by atoms with E-state index in [9.17, 15) is 4.39 Å². The lowest BCUT2D eigenvalue weighted by Gasteiger charge is -2.11. The van der Waals surface area contributed by atoms with Gasteiger partial charge in [0.25, 0.3) is 0 Å². The van der Waals surface area contributed by atoms with Crippen molar-refractivity contribution < 1.29 is 9.13 Å². The van der Waals surface area contributed by atoms with Gasteiger partial charge in [-0.3, -0.25) is 0 Å². The standard InChI is InChI=1S/C15H16FNO/c1-17-10-11-7-8-14(16)13(9-11)12-5-3-4-6-15(12)18-2/h3-9,17H,10H2,1-2H3. The second-order valence-corrected chi connectivity index (χ2v) is 4.04. The first kappa shape index (κ1) is 12.6. The first-order chi connectivity index (χ1) is 8.76. The number of rotatable bonds is 4. The third-order valence-corrected chi connectivity index (χ3v) is 2.81. The molecule has 0 amide bonds. The normalized spacial score (nSPS) is 10.4. The van der Waals surface area contributed by atoms with Crippen molar-refractivity contribution in [1.29, 1.82) is 0 Å². The second kappa shape index (κ2) is 5.65. The Bertz CT molecular complexity index is 540. The molecule has 0 fully saturated rings. The first-order valence-corrected chi connectivity index (χ1v) is 5.82. The summed E-state index contributed by atoms with van der Waals surface area (Å²) in [6.07, 6.45) is 0. The van der Waals surface area contributed by atoms with Crippen LogP contribution < -0.4 is 10.1 Å². The molecule has 2 aromatic rings. The molecule has 0 saturated heterocycles. The molecular formula is C15H16FNO. The molecule has 2 nitrogen and oxygen atoms in total. The van der Waals surface area contributed by atoms with Crippen molar-refractivity contribution in [2.45, 2.75) is 6.54 Å². The van der Waals surface area contributed by atoms with E-state index < -0.39 is 0 Å². The van der Waals surface area contributed by atoms with Gasteiger partial charge in [-0.1, -0.05) is 24.3 Å². The predicted molar refractivity (Wildman–Crippen MR) is 71.2 cm³/mol. The van der Waals surface area contributed by atoms with E-state index in [2.05, 4.69) is 5.32 Å². The van der Waals surface area contributed by atoms with E-state index in [1.165, 1.54) is 6.07 Å². The molecule has 18 heavy (non-hydrogen) atoms. The van der Waals surface area contributed by atoms with Crippen LogP contribution in [0.4, 0.5) is 4.39 Å². The lowest BCUT2D eigenvalue weighted by Crippen LogP contribution is -2.05. The molecule has 0 aliphatic carbocycles. The number of halogens is 1. The van der Waals surface area contributed by atoms with Crippen LogP contribution in [0.1, 0.15) is 5.56 Å². The summed E-state index contributed by atoms with van der Waals surface area (Å²) in [6.45, 7) is 0.711. The van der Waals surface area contributed by atoms with Crippen molar-refractivity contribution in [3.8, 4) is 16.9 Å². The highest BCUT2D eigenvalue weighted by molar-refractivity contribution is 5.71. The lowest BCUT2D eigenvalue weighted by atomic mass is 10.0. The van der Waals surface area contributed by atoms with Crippen LogP contribution in [0.15, 0.2) is 42.5 Å². The lowest BCUT2D eigenvalue weighted by molar-refractivity contribution is 0.416. The number of hydrogen-bond acceptors (Lipinski definition) is 2. The van der Waals surface area contributed by atoms with Crippen LogP contribution >= 0.6 is 0 Å². The SMILES string of the molecule is CNCc1ccc(F)c(-c2ccccc2OC)c1. The van der Waals surface area contributed by atoms with Gasteiger partial charge in [-0.25, -0.2) is 4.39 Å². The number of ether oxygens (including phenoxy) is 1. The molecule has 0 radical (unpaired) electrons. The number of hydrogen-bond donors (Lipinski definition) is 1. The molecule has 2 aromatic carbocycles. The fourth-order valence-electron chi connectivity index (χ4n) is 1.96. The van der Waals surface area contributed by atoms with E-state index in [0.717, 1.165) is 11.1 Å². The third kappa shape index (κ3) is 2.51. The van der Waals surface area contributed by atoms with Gasteiger partial charge in [0.05, 0.1) is 7.11 Å². The molecule has 3 heteroatoms. The van der Waals surface area contributed by atoms with E-state index in [1.54, 1.807) is 13.2 Å². The molecule has 0 spiro atoms. The van der Waals surface area contributed by atoms with E-state index in [1.807, 2.05) is 37.4 Å². The zero-order valence-corrected chi connectivity index (χ0v) is 10.5. The van der Waals surface area contributed by atoms with Crippen LogP contribution in [0.3, 0.4) is 0 Å². The molecule has 0 saturated carbocycles. The van der Waals surface area contributed by atoms with Crippen LogP contribution in [-0.2, 0) is 6.54 Å². The number of nitrogens with one attached hydrogen (secondary N) is 1. The smallest absolute Gasteiger partial charge is 0.131 e. The van der Waals surface area contributed by atoms with Crippen LogP contribution in [0.5, 0.6) is 5.75 Å². The van der Waals surface area contributed by atoms with Crippen LogP contribution in [-0.4, -0.2) is 14.2 Å². The Kier molecular flexibility index (Phi) is 3.95. The number of methoxy groups -OCH3 is 1. The van der Waals surface area contributed by atoms with Gasteiger partial charge in [-0.05, 0) is 30.8 Å². The third-order valence-electron chi connectivity index (χ3n) is 2.81. The molecule has 0 bridgehead atoms.